The van der Waals surface area contributed by atoms with Crippen molar-refractivity contribution >= 4 is 20.2 Å². The molecule has 0 aliphatic carbocycles. The molecular formula is C9H9NO2W8-2. The first-order chi connectivity index (χ1) is 6.41. The van der Waals surface area contributed by atoms with E-state index < -0.39 is 0 Å². The Bertz CT molecular complexity index is 343. The van der Waals surface area contributed by atoms with Gasteiger partial charge in [0, 0.05) is 126 Å². The van der Waals surface area contributed by atoms with Crippen molar-refractivity contribution in [2.24, 2.45) is 0 Å². The number of hydrogen-bond acceptors (Lipinski definition) is 2. The van der Waals surface area contributed by atoms with Crippen molar-refractivity contribution in [3.63, 3.8) is 0 Å². The van der Waals surface area contributed by atoms with Gasteiger partial charge in [0.15, 0.2) is 0 Å². The number of hydrogen-bond donors (Lipinski definition) is 0. The molecule has 20 heavy (non-hydrogen) atoms. The van der Waals surface area contributed by atoms with Gasteiger partial charge in [0.25, 0.3) is 0 Å². The normalized spacial score (nSPS) is 7.95. The molecule has 112 valence electrons. The summed E-state index contributed by atoms with van der Waals surface area (Å²) in [5.74, 6) is -0.356. The first-order valence-electron chi connectivity index (χ1n) is 3.74. The zero-order valence-electron chi connectivity index (χ0n) is 10.5. The molecular weight excluding hydrogens is 1620 g/mol. The molecule has 0 aromatic rings. The van der Waals surface area contributed by atoms with Crippen molar-refractivity contribution in [1.29, 1.82) is 0 Å². The van der Waals surface area contributed by atoms with Crippen molar-refractivity contribution in [2.75, 3.05) is 0 Å². The van der Waals surface area contributed by atoms with E-state index in [2.05, 4.69) is 4.74 Å². The molecule has 0 aliphatic rings. The molecule has 0 saturated carbocycles. The van der Waals surface area contributed by atoms with E-state index in [9.17, 15) is 10.2 Å². The Kier molecular flexibility index (Phi) is 55.8. The summed E-state index contributed by atoms with van der Waals surface area (Å²) in [6, 6.07) is 0. The first kappa shape index (κ1) is 44.0. The molecule has 0 aromatic carbocycles. The Hall–Kier alpha value is 4.13. The van der Waals surface area contributed by atoms with E-state index in [-0.39, 0.29) is 132 Å². The van der Waals surface area contributed by atoms with Crippen molar-refractivity contribution < 1.29 is 175 Å². The van der Waals surface area contributed by atoms with Crippen LogP contribution in [0.2, 0.25) is 0 Å². The third-order valence-corrected chi connectivity index (χ3v) is 3.44. The molecule has 0 amide bonds. The van der Waals surface area contributed by atoms with E-state index in [1.807, 2.05) is 20.8 Å². The average Bonchev–Trinajstić information content (AvgIpc) is 2.03. The largest absolute Gasteiger partial charge is 0 e. The van der Waals surface area contributed by atoms with Gasteiger partial charge < -0.3 is 0 Å². The Morgan fingerprint density at radius 3 is 1.45 bits per heavy atom. The Balaban J connectivity index is -0.0000000563. The van der Waals surface area contributed by atoms with Crippen LogP contribution in [0.5, 0.6) is 0 Å². The fourth-order valence-electron chi connectivity index (χ4n) is 0.842. The van der Waals surface area contributed by atoms with Crippen LogP contribution in [0.1, 0.15) is 20.8 Å². The second kappa shape index (κ2) is 25.4. The smallest absolute Gasteiger partial charge is 0 e. The molecule has 0 aliphatic heterocycles. The van der Waals surface area contributed by atoms with Crippen LogP contribution >= 0.6 is 0 Å². The van der Waals surface area contributed by atoms with E-state index in [0.717, 1.165) is 13.4 Å². The zero-order valence-corrected chi connectivity index (χ0v) is 34.0. The van der Waals surface area contributed by atoms with Crippen molar-refractivity contribution in [3.8, 4) is 0 Å². The molecule has 0 spiro atoms. The van der Waals surface area contributed by atoms with Gasteiger partial charge in [0.2, 0.25) is 0 Å². The number of allylic oxidation sites excluding steroid dienone is 1. The van der Waals surface area contributed by atoms with Crippen LogP contribution in [0.4, 0.5) is 0 Å². The average molecular weight is 1630 g/mol. The van der Waals surface area contributed by atoms with E-state index in [1.165, 1.54) is 45.2 Å². The van der Waals surface area contributed by atoms with Crippen LogP contribution < -0.4 is 0 Å². The van der Waals surface area contributed by atoms with Gasteiger partial charge in [-0.25, -0.2) is 0 Å². The van der Waals surface area contributed by atoms with Gasteiger partial charge >= 0.3 is 106 Å². The molecule has 0 bridgehead atoms. The van der Waals surface area contributed by atoms with Crippen molar-refractivity contribution in [3.05, 3.63) is 16.6 Å². The van der Waals surface area contributed by atoms with Gasteiger partial charge in [0.05, 0.1) is 0 Å². The van der Waals surface area contributed by atoms with Gasteiger partial charge in [-0.05, 0) is 0 Å². The maximum absolute atomic E-state index is 9.98. The fraction of sp³-hybridized carbons (Fsp3) is 0.333. The third-order valence-electron chi connectivity index (χ3n) is 1.61. The predicted molar refractivity (Wildman–Crippen MR) is 49.2 cm³/mol. The summed E-state index contributed by atoms with van der Waals surface area (Å²) in [4.78, 5) is 9.98. The molecule has 0 saturated heterocycles. The number of nitrogens with zero attached hydrogens (tertiary/aromatic N) is 1. The van der Waals surface area contributed by atoms with Gasteiger partial charge in [-0.3, -0.25) is 0 Å². The minimum atomic E-state index is -0.356. The SMILES string of the molecule is C[C](=[W])C(C)=C(C(=[N-])O[C-]=O)[C](C)=[W].[W].[W].[W].[W].[W].[W]. The molecule has 0 unspecified atom stereocenters. The summed E-state index contributed by atoms with van der Waals surface area (Å²) in [6.07, 6.45) is 0. The molecule has 0 rings (SSSR count). The zero-order chi connectivity index (χ0) is 11.3. The molecule has 0 radical (unpaired) electrons. The second-order valence-electron chi connectivity index (χ2n) is 2.60. The predicted octanol–water partition coefficient (Wildman–Crippen LogP) is 0.818. The number of rotatable bonds is 4. The summed E-state index contributed by atoms with van der Waals surface area (Å²) in [5, 5.41) is 9.46. The maximum atomic E-state index is 9.98. The van der Waals surface area contributed by atoms with E-state index >= 15 is 0 Å². The molecule has 3 nitrogen and oxygen atoms in total. The van der Waals surface area contributed by atoms with Crippen LogP contribution in [-0.2, 0) is 175 Å². The van der Waals surface area contributed by atoms with Crippen LogP contribution in [0.25, 0.3) is 5.41 Å². The molecule has 0 heterocycles. The molecule has 11 heteroatoms. The molecule has 0 aromatic heterocycles. The summed E-state index contributed by atoms with van der Waals surface area (Å²) in [5.41, 5.74) is 1.58. The molecule has 0 atom stereocenters. The Morgan fingerprint density at radius 1 is 0.900 bits per heavy atom. The number of ether oxygens (including phenoxy) is 1. The van der Waals surface area contributed by atoms with Crippen LogP contribution in [0.3, 0.4) is 0 Å². The Morgan fingerprint density at radius 2 is 1.25 bits per heavy atom. The maximum Gasteiger partial charge on any atom is 0 e. The van der Waals surface area contributed by atoms with Crippen molar-refractivity contribution in [1.82, 2.24) is 0 Å². The summed E-state index contributed by atoms with van der Waals surface area (Å²) in [6.45, 7) is 6.97. The number of carbonyl (C=O) groups excluding carboxylic acids is 1. The molecule has 0 N–H and O–H groups in total. The van der Waals surface area contributed by atoms with Gasteiger partial charge in [0.1, 0.15) is 0 Å². The minimum absolute atomic E-state index is 0. The summed E-state index contributed by atoms with van der Waals surface area (Å²) < 4.78 is 6.47. The topological polar surface area (TPSA) is 48.6 Å². The van der Waals surface area contributed by atoms with Gasteiger partial charge in [-0.1, -0.05) is 0 Å². The van der Waals surface area contributed by atoms with Crippen LogP contribution in [-0.4, -0.2) is 20.2 Å². The molecule has 0 fully saturated rings. The van der Waals surface area contributed by atoms with Gasteiger partial charge in [-0.15, -0.1) is 0 Å². The van der Waals surface area contributed by atoms with Crippen LogP contribution in [0.15, 0.2) is 11.1 Å². The van der Waals surface area contributed by atoms with Crippen molar-refractivity contribution in [2.45, 2.75) is 20.8 Å². The monoisotopic (exact) mass is 1630 g/mol. The summed E-state index contributed by atoms with van der Waals surface area (Å²) >= 11 is 2.56. The van der Waals surface area contributed by atoms with Crippen LogP contribution in [0, 0.1) is 0 Å². The first-order valence-corrected chi connectivity index (χ1v) is 6.68. The van der Waals surface area contributed by atoms with E-state index in [0.29, 0.717) is 5.57 Å². The minimum Gasteiger partial charge on any atom is 0 e. The quantitative estimate of drug-likeness (QED) is 0.238. The Labute approximate surface area is 228 Å². The van der Waals surface area contributed by atoms with E-state index in [1.54, 1.807) is 0 Å². The summed E-state index contributed by atoms with van der Waals surface area (Å²) in [7, 11) is 0. The van der Waals surface area contributed by atoms with E-state index in [4.69, 9.17) is 0 Å². The third kappa shape index (κ3) is 18.5. The standard InChI is InChI=1S/C9H9NO2.8W/c1-4-7(3)8(5-2)9(10)12-6-11;;;;;;;;/h1-3H3;;;;;;;;/q-2;;;;;;;;. The van der Waals surface area contributed by atoms with Gasteiger partial charge in [-0.2, -0.15) is 0 Å². The fourth-order valence-corrected chi connectivity index (χ4v) is 2.07. The second-order valence-corrected chi connectivity index (χ2v) is 7.00.